The lowest BCUT2D eigenvalue weighted by Crippen LogP contribution is -2.41. The number of carbonyl (C=O) groups excluding carboxylic acids is 1. The van der Waals surface area contributed by atoms with Crippen molar-refractivity contribution in [1.29, 1.82) is 0 Å². The Morgan fingerprint density at radius 1 is 1.33 bits per heavy atom. The number of ether oxygens (including phenoxy) is 1. The van der Waals surface area contributed by atoms with Crippen LogP contribution < -0.4 is 5.73 Å². The van der Waals surface area contributed by atoms with Crippen molar-refractivity contribution in [2.75, 3.05) is 6.54 Å². The lowest BCUT2D eigenvalue weighted by molar-refractivity contribution is 0.00818. The largest absolute Gasteiger partial charge is 0.443 e. The summed E-state index contributed by atoms with van der Waals surface area (Å²) in [6, 6.07) is 11.3. The van der Waals surface area contributed by atoms with E-state index in [1.54, 1.807) is 0 Å². The lowest BCUT2D eigenvalue weighted by atomic mass is 9.94. The number of likely N-dealkylation sites (tertiary alicyclic amines) is 1. The standard InChI is InChI=1S/C20H30N2O2/c1-4-5-11-16-17-15(18(17)20(2,3)24-19(21)23)13-22(16)12-14-9-7-6-8-10-14/h6-10,15-18H,4-5,11-13H2,1-3H3,(H2,21,23). The second-order valence-corrected chi connectivity index (χ2v) is 7.92. The van der Waals surface area contributed by atoms with E-state index in [0.717, 1.165) is 13.1 Å². The summed E-state index contributed by atoms with van der Waals surface area (Å²) in [4.78, 5) is 13.9. The van der Waals surface area contributed by atoms with Gasteiger partial charge in [-0.15, -0.1) is 0 Å². The molecule has 1 saturated heterocycles. The molecule has 3 rings (SSSR count). The van der Waals surface area contributed by atoms with Crippen molar-refractivity contribution in [2.45, 2.75) is 58.2 Å². The van der Waals surface area contributed by atoms with Gasteiger partial charge in [-0.3, -0.25) is 4.90 Å². The number of nitrogens with two attached hydrogens (primary N) is 1. The third kappa shape index (κ3) is 3.44. The molecule has 4 unspecified atom stereocenters. The molecule has 4 heteroatoms. The number of hydrogen-bond acceptors (Lipinski definition) is 3. The van der Waals surface area contributed by atoms with Crippen molar-refractivity contribution in [1.82, 2.24) is 4.90 Å². The summed E-state index contributed by atoms with van der Waals surface area (Å²) in [6.07, 6.45) is 3.05. The van der Waals surface area contributed by atoms with Gasteiger partial charge in [0.2, 0.25) is 0 Å². The number of primary amides is 1. The molecule has 4 atom stereocenters. The molecular formula is C20H30N2O2. The van der Waals surface area contributed by atoms with Crippen molar-refractivity contribution < 1.29 is 9.53 Å². The fourth-order valence-electron chi connectivity index (χ4n) is 4.90. The van der Waals surface area contributed by atoms with Gasteiger partial charge in [0.25, 0.3) is 0 Å². The molecule has 0 aromatic heterocycles. The second-order valence-electron chi connectivity index (χ2n) is 7.92. The van der Waals surface area contributed by atoms with E-state index in [9.17, 15) is 4.79 Å². The molecule has 4 nitrogen and oxygen atoms in total. The SMILES string of the molecule is CCCCC1C2C(CN1Cc1ccccc1)C2C(C)(C)OC(N)=O. The summed E-state index contributed by atoms with van der Waals surface area (Å²) in [5.74, 6) is 1.71. The molecule has 24 heavy (non-hydrogen) atoms. The van der Waals surface area contributed by atoms with E-state index >= 15 is 0 Å². The zero-order valence-corrected chi connectivity index (χ0v) is 15.1. The predicted molar refractivity (Wildman–Crippen MR) is 95.4 cm³/mol. The maximum atomic E-state index is 11.2. The smallest absolute Gasteiger partial charge is 0.405 e. The highest BCUT2D eigenvalue weighted by molar-refractivity contribution is 5.65. The third-order valence-electron chi connectivity index (χ3n) is 5.84. The number of fused-ring (bicyclic) bond motifs is 1. The van der Waals surface area contributed by atoms with Gasteiger partial charge in [0.05, 0.1) is 0 Å². The Morgan fingerprint density at radius 3 is 2.67 bits per heavy atom. The molecule has 0 spiro atoms. The molecule has 1 aromatic carbocycles. The molecule has 0 bridgehead atoms. The minimum atomic E-state index is -0.656. The first-order valence-electron chi connectivity index (χ1n) is 9.20. The Bertz CT molecular complexity index is 572. The number of benzene rings is 1. The van der Waals surface area contributed by atoms with Gasteiger partial charge in [-0.25, -0.2) is 4.79 Å². The van der Waals surface area contributed by atoms with Crippen LogP contribution in [0.4, 0.5) is 4.79 Å². The fraction of sp³-hybridized carbons (Fsp3) is 0.650. The van der Waals surface area contributed by atoms with Gasteiger partial charge in [0, 0.05) is 25.0 Å². The topological polar surface area (TPSA) is 55.6 Å². The van der Waals surface area contributed by atoms with Crippen molar-refractivity contribution in [3.63, 3.8) is 0 Å². The fourth-order valence-corrected chi connectivity index (χ4v) is 4.90. The highest BCUT2D eigenvalue weighted by Gasteiger charge is 2.66. The van der Waals surface area contributed by atoms with Crippen LogP contribution in [0, 0.1) is 17.8 Å². The minimum absolute atomic E-state index is 0.443. The quantitative estimate of drug-likeness (QED) is 0.827. The maximum Gasteiger partial charge on any atom is 0.405 e. The molecular weight excluding hydrogens is 300 g/mol. The Kier molecular flexibility index (Phi) is 4.86. The van der Waals surface area contributed by atoms with E-state index in [0.29, 0.717) is 23.8 Å². The number of unbranched alkanes of at least 4 members (excludes halogenated alkanes) is 1. The first kappa shape index (κ1) is 17.3. The van der Waals surface area contributed by atoms with E-state index in [4.69, 9.17) is 10.5 Å². The normalized spacial score (nSPS) is 29.3. The summed E-state index contributed by atoms with van der Waals surface area (Å²) in [7, 11) is 0. The first-order valence-corrected chi connectivity index (χ1v) is 9.20. The molecule has 2 aliphatic rings. The van der Waals surface area contributed by atoms with Crippen LogP contribution in [0.5, 0.6) is 0 Å². The van der Waals surface area contributed by atoms with Gasteiger partial charge in [-0.2, -0.15) is 0 Å². The molecule has 1 heterocycles. The maximum absolute atomic E-state index is 11.2. The van der Waals surface area contributed by atoms with E-state index in [1.807, 2.05) is 13.8 Å². The van der Waals surface area contributed by atoms with Crippen LogP contribution >= 0.6 is 0 Å². The molecule has 0 radical (unpaired) electrons. The zero-order chi connectivity index (χ0) is 17.3. The zero-order valence-electron chi connectivity index (χ0n) is 15.1. The van der Waals surface area contributed by atoms with Gasteiger partial charge < -0.3 is 10.5 Å². The van der Waals surface area contributed by atoms with Crippen LogP contribution in [0.15, 0.2) is 30.3 Å². The molecule has 132 valence electrons. The van der Waals surface area contributed by atoms with Crippen molar-refractivity contribution in [3.05, 3.63) is 35.9 Å². The van der Waals surface area contributed by atoms with Crippen molar-refractivity contribution in [2.24, 2.45) is 23.5 Å². The Hall–Kier alpha value is -1.55. The Balaban J connectivity index is 1.69. The van der Waals surface area contributed by atoms with E-state index in [2.05, 4.69) is 42.2 Å². The number of piperidine rings is 1. The summed E-state index contributed by atoms with van der Waals surface area (Å²) in [6.45, 7) is 8.40. The molecule has 1 aromatic rings. The number of nitrogens with zero attached hydrogens (tertiary/aromatic N) is 1. The summed E-state index contributed by atoms with van der Waals surface area (Å²) >= 11 is 0. The first-order chi connectivity index (χ1) is 11.4. The molecule has 1 aliphatic carbocycles. The van der Waals surface area contributed by atoms with Crippen LogP contribution in [0.2, 0.25) is 0 Å². The third-order valence-corrected chi connectivity index (χ3v) is 5.84. The highest BCUT2D eigenvalue weighted by atomic mass is 16.6. The highest BCUT2D eigenvalue weighted by Crippen LogP contribution is 2.61. The van der Waals surface area contributed by atoms with Gasteiger partial charge in [-0.05, 0) is 37.7 Å². The Labute approximate surface area is 145 Å². The van der Waals surface area contributed by atoms with Crippen LogP contribution in [-0.2, 0) is 11.3 Å². The van der Waals surface area contributed by atoms with Gasteiger partial charge >= 0.3 is 6.09 Å². The monoisotopic (exact) mass is 330 g/mol. The average Bonchev–Trinajstić information content (AvgIpc) is 3.13. The average molecular weight is 330 g/mol. The van der Waals surface area contributed by atoms with Crippen LogP contribution in [0.25, 0.3) is 0 Å². The summed E-state index contributed by atoms with van der Waals surface area (Å²) in [5.41, 5.74) is 6.19. The molecule has 1 saturated carbocycles. The van der Waals surface area contributed by atoms with Crippen molar-refractivity contribution >= 4 is 6.09 Å². The number of hydrogen-bond donors (Lipinski definition) is 1. The minimum Gasteiger partial charge on any atom is -0.443 e. The number of amides is 1. The predicted octanol–water partition coefficient (Wildman–Crippen LogP) is 3.80. The van der Waals surface area contributed by atoms with Crippen LogP contribution in [0.3, 0.4) is 0 Å². The number of carbonyl (C=O) groups is 1. The van der Waals surface area contributed by atoms with Crippen molar-refractivity contribution in [3.8, 4) is 0 Å². The van der Waals surface area contributed by atoms with E-state index in [1.165, 1.54) is 24.8 Å². The molecule has 1 aliphatic heterocycles. The van der Waals surface area contributed by atoms with Gasteiger partial charge in [0.1, 0.15) is 5.60 Å². The molecule has 2 N–H and O–H groups in total. The van der Waals surface area contributed by atoms with Crippen LogP contribution in [0.1, 0.15) is 45.6 Å². The van der Waals surface area contributed by atoms with E-state index < -0.39 is 11.7 Å². The number of rotatable bonds is 7. The summed E-state index contributed by atoms with van der Waals surface area (Å²) in [5, 5.41) is 0. The van der Waals surface area contributed by atoms with Crippen LogP contribution in [-0.4, -0.2) is 29.2 Å². The second kappa shape index (κ2) is 6.75. The van der Waals surface area contributed by atoms with Gasteiger partial charge in [-0.1, -0.05) is 50.1 Å². The summed E-state index contributed by atoms with van der Waals surface area (Å²) < 4.78 is 5.42. The molecule has 1 amide bonds. The van der Waals surface area contributed by atoms with Gasteiger partial charge in [0.15, 0.2) is 0 Å². The Morgan fingerprint density at radius 2 is 2.04 bits per heavy atom. The van der Waals surface area contributed by atoms with E-state index in [-0.39, 0.29) is 0 Å². The lowest BCUT2D eigenvalue weighted by Gasteiger charge is -2.33. The molecule has 2 fully saturated rings.